The molecule has 1 heterocycles. The minimum atomic E-state index is -0.616. The second kappa shape index (κ2) is 9.58. The fraction of sp³-hybridized carbons (Fsp3) is 0.300. The van der Waals surface area contributed by atoms with Crippen molar-refractivity contribution in [3.63, 3.8) is 0 Å². The lowest BCUT2D eigenvalue weighted by Crippen LogP contribution is -2.11. The predicted molar refractivity (Wildman–Crippen MR) is 107 cm³/mol. The molecule has 27 heavy (non-hydrogen) atoms. The molecule has 0 aliphatic heterocycles. The van der Waals surface area contributed by atoms with Crippen molar-refractivity contribution in [1.29, 1.82) is 0 Å². The van der Waals surface area contributed by atoms with E-state index in [4.69, 9.17) is 25.8 Å². The van der Waals surface area contributed by atoms with Crippen molar-refractivity contribution in [1.82, 2.24) is 0 Å². The molecule has 0 atom stereocenters. The Balaban J connectivity index is 2.01. The lowest BCUT2D eigenvalue weighted by atomic mass is 10.2. The Kier molecular flexibility index (Phi) is 7.45. The SMILES string of the molecule is COc1cc(/C=C/C(=O)OCC(=O)c2ccc(C)s2)cc(Cl)c1OC(C)C. The van der Waals surface area contributed by atoms with Crippen LogP contribution >= 0.6 is 22.9 Å². The maximum absolute atomic E-state index is 12.0. The van der Waals surface area contributed by atoms with Gasteiger partial charge >= 0.3 is 5.97 Å². The number of esters is 1. The molecule has 7 heteroatoms. The number of ether oxygens (including phenoxy) is 3. The van der Waals surface area contributed by atoms with Crippen LogP contribution in [0.15, 0.2) is 30.3 Å². The van der Waals surface area contributed by atoms with Crippen LogP contribution < -0.4 is 9.47 Å². The summed E-state index contributed by atoms with van der Waals surface area (Å²) in [5, 5.41) is 0.374. The molecule has 0 unspecified atom stereocenters. The van der Waals surface area contributed by atoms with E-state index in [-0.39, 0.29) is 18.5 Å². The molecule has 0 spiro atoms. The number of hydrogen-bond donors (Lipinski definition) is 0. The van der Waals surface area contributed by atoms with Crippen molar-refractivity contribution in [2.45, 2.75) is 26.9 Å². The topological polar surface area (TPSA) is 61.8 Å². The number of rotatable bonds is 8. The van der Waals surface area contributed by atoms with Crippen LogP contribution in [0.3, 0.4) is 0 Å². The van der Waals surface area contributed by atoms with Crippen LogP contribution in [0, 0.1) is 6.92 Å². The summed E-state index contributed by atoms with van der Waals surface area (Å²) in [6, 6.07) is 6.93. The first-order chi connectivity index (χ1) is 12.8. The predicted octanol–water partition coefficient (Wildman–Crippen LogP) is 4.95. The van der Waals surface area contributed by atoms with Gasteiger partial charge < -0.3 is 14.2 Å². The van der Waals surface area contributed by atoms with Crippen LogP contribution in [0.5, 0.6) is 11.5 Å². The molecule has 1 aromatic carbocycles. The van der Waals surface area contributed by atoms with Gasteiger partial charge in [0.1, 0.15) is 0 Å². The van der Waals surface area contributed by atoms with Gasteiger partial charge in [-0.15, -0.1) is 11.3 Å². The smallest absolute Gasteiger partial charge is 0.331 e. The standard InChI is InChI=1S/C20H21ClO5S/c1-12(2)26-20-15(21)9-14(10-17(20)24-4)6-8-19(23)25-11-16(22)18-7-5-13(3)27-18/h5-10,12H,11H2,1-4H3/b8-6+. The third-order valence-corrected chi connectivity index (χ3v) is 4.70. The number of hydrogen-bond acceptors (Lipinski definition) is 6. The molecule has 144 valence electrons. The van der Waals surface area contributed by atoms with Crippen LogP contribution in [0.1, 0.15) is 34.0 Å². The fourth-order valence-corrected chi connectivity index (χ4v) is 3.25. The Bertz CT molecular complexity index is 854. The van der Waals surface area contributed by atoms with E-state index in [0.717, 1.165) is 4.88 Å². The Morgan fingerprint density at radius 2 is 2.00 bits per heavy atom. The Hall–Kier alpha value is -2.31. The Morgan fingerprint density at radius 1 is 1.26 bits per heavy atom. The van der Waals surface area contributed by atoms with Gasteiger partial charge in [0, 0.05) is 11.0 Å². The maximum Gasteiger partial charge on any atom is 0.331 e. The van der Waals surface area contributed by atoms with Crippen molar-refractivity contribution in [3.05, 3.63) is 50.7 Å². The van der Waals surface area contributed by atoms with E-state index in [1.165, 1.54) is 30.6 Å². The molecule has 1 aromatic heterocycles. The minimum absolute atomic E-state index is 0.0579. The number of Topliss-reactive ketones (excluding diaryl/α,β-unsaturated/α-hetero) is 1. The highest BCUT2D eigenvalue weighted by Gasteiger charge is 2.13. The lowest BCUT2D eigenvalue weighted by molar-refractivity contribution is -0.136. The van der Waals surface area contributed by atoms with Gasteiger partial charge in [0.2, 0.25) is 5.78 Å². The van der Waals surface area contributed by atoms with Crippen molar-refractivity contribution in [3.8, 4) is 11.5 Å². The summed E-state index contributed by atoms with van der Waals surface area (Å²) < 4.78 is 15.9. The highest BCUT2D eigenvalue weighted by molar-refractivity contribution is 7.14. The summed E-state index contributed by atoms with van der Waals surface area (Å²) in [7, 11) is 1.51. The quantitative estimate of drug-likeness (QED) is 0.351. The highest BCUT2D eigenvalue weighted by Crippen LogP contribution is 2.37. The van der Waals surface area contributed by atoms with Crippen molar-refractivity contribution >= 4 is 40.8 Å². The number of halogens is 1. The zero-order valence-corrected chi connectivity index (χ0v) is 17.1. The molecule has 5 nitrogen and oxygen atoms in total. The molecule has 0 saturated heterocycles. The van der Waals surface area contributed by atoms with Crippen LogP contribution in [0.4, 0.5) is 0 Å². The Labute approximate surface area is 167 Å². The molecule has 2 aromatic rings. The van der Waals surface area contributed by atoms with Gasteiger partial charge in [0.15, 0.2) is 18.1 Å². The van der Waals surface area contributed by atoms with E-state index in [0.29, 0.717) is 27.0 Å². The molecular weight excluding hydrogens is 388 g/mol. The molecule has 0 saturated carbocycles. The number of carbonyl (C=O) groups is 2. The molecule has 0 N–H and O–H groups in total. The summed E-state index contributed by atoms with van der Waals surface area (Å²) in [5.74, 6) is 0.0715. The number of benzene rings is 1. The van der Waals surface area contributed by atoms with Crippen molar-refractivity contribution < 1.29 is 23.8 Å². The zero-order valence-electron chi connectivity index (χ0n) is 15.6. The van der Waals surface area contributed by atoms with Crippen LogP contribution in [0.2, 0.25) is 5.02 Å². The van der Waals surface area contributed by atoms with E-state index >= 15 is 0 Å². The minimum Gasteiger partial charge on any atom is -0.493 e. The number of ketones is 1. The Morgan fingerprint density at radius 3 is 2.59 bits per heavy atom. The summed E-state index contributed by atoms with van der Waals surface area (Å²) in [4.78, 5) is 25.4. The van der Waals surface area contributed by atoms with Gasteiger partial charge in [-0.05, 0) is 56.7 Å². The summed E-state index contributed by atoms with van der Waals surface area (Å²) in [5.41, 5.74) is 0.644. The summed E-state index contributed by atoms with van der Waals surface area (Å²) in [6.07, 6.45) is 2.72. The first kappa shape index (κ1) is 21.0. The second-order valence-electron chi connectivity index (χ2n) is 5.98. The van der Waals surface area contributed by atoms with E-state index < -0.39 is 5.97 Å². The van der Waals surface area contributed by atoms with Gasteiger partial charge in [-0.25, -0.2) is 4.79 Å². The number of thiophene rings is 1. The van der Waals surface area contributed by atoms with Crippen LogP contribution in [0.25, 0.3) is 6.08 Å². The molecule has 0 aliphatic rings. The third-order valence-electron chi connectivity index (χ3n) is 3.38. The molecule has 0 fully saturated rings. The van der Waals surface area contributed by atoms with Gasteiger partial charge in [0.05, 0.1) is 23.1 Å². The van der Waals surface area contributed by atoms with E-state index in [9.17, 15) is 9.59 Å². The van der Waals surface area contributed by atoms with Crippen molar-refractivity contribution in [2.75, 3.05) is 13.7 Å². The number of methoxy groups -OCH3 is 1. The van der Waals surface area contributed by atoms with Gasteiger partial charge in [-0.2, -0.15) is 0 Å². The lowest BCUT2D eigenvalue weighted by Gasteiger charge is -2.15. The molecule has 2 rings (SSSR count). The molecule has 0 aliphatic carbocycles. The van der Waals surface area contributed by atoms with Gasteiger partial charge in [-0.1, -0.05) is 11.6 Å². The number of aryl methyl sites for hydroxylation is 1. The molecule has 0 bridgehead atoms. The third kappa shape index (κ3) is 6.12. The monoisotopic (exact) mass is 408 g/mol. The first-order valence-corrected chi connectivity index (χ1v) is 9.48. The highest BCUT2D eigenvalue weighted by atomic mass is 35.5. The van der Waals surface area contributed by atoms with E-state index in [1.54, 1.807) is 18.2 Å². The molecule has 0 amide bonds. The largest absolute Gasteiger partial charge is 0.493 e. The van der Waals surface area contributed by atoms with E-state index in [1.807, 2.05) is 26.8 Å². The summed E-state index contributed by atoms with van der Waals surface area (Å²) >= 11 is 7.62. The number of carbonyl (C=O) groups excluding carboxylic acids is 2. The van der Waals surface area contributed by atoms with Gasteiger partial charge in [0.25, 0.3) is 0 Å². The van der Waals surface area contributed by atoms with Gasteiger partial charge in [-0.3, -0.25) is 4.79 Å². The average Bonchev–Trinajstić information content (AvgIpc) is 3.05. The maximum atomic E-state index is 12.0. The fourth-order valence-electron chi connectivity index (χ4n) is 2.19. The summed E-state index contributed by atoms with van der Waals surface area (Å²) in [6.45, 7) is 5.39. The molecule has 0 radical (unpaired) electrons. The van der Waals surface area contributed by atoms with Crippen LogP contribution in [-0.2, 0) is 9.53 Å². The first-order valence-electron chi connectivity index (χ1n) is 8.28. The van der Waals surface area contributed by atoms with Crippen molar-refractivity contribution in [2.24, 2.45) is 0 Å². The van der Waals surface area contributed by atoms with E-state index in [2.05, 4.69) is 0 Å². The second-order valence-corrected chi connectivity index (χ2v) is 7.67. The zero-order chi connectivity index (χ0) is 20.0. The molecular formula is C20H21ClO5S. The average molecular weight is 409 g/mol. The normalized spacial score (nSPS) is 11.0. The van der Waals surface area contributed by atoms with Crippen LogP contribution in [-0.4, -0.2) is 31.6 Å².